The first kappa shape index (κ1) is 9.39. The van der Waals surface area contributed by atoms with Gasteiger partial charge in [0.15, 0.2) is 0 Å². The van der Waals surface area contributed by atoms with Gasteiger partial charge in [0.1, 0.15) is 11.0 Å². The van der Waals surface area contributed by atoms with Gasteiger partial charge in [0.2, 0.25) is 0 Å². The summed E-state index contributed by atoms with van der Waals surface area (Å²) in [5.41, 5.74) is -0.409. The molecule has 0 bridgehead atoms. The van der Waals surface area contributed by atoms with Crippen LogP contribution in [-0.4, -0.2) is 29.7 Å². The Morgan fingerprint density at radius 3 is 2.50 bits per heavy atom. The number of nitrogens with zero attached hydrogens (tertiary/aromatic N) is 1. The van der Waals surface area contributed by atoms with E-state index in [9.17, 15) is 4.79 Å². The molecule has 0 atom stereocenters. The average Bonchev–Trinajstić information content (AvgIpc) is 2.57. The number of amides is 1. The fourth-order valence-electron chi connectivity index (χ4n) is 1.58. The zero-order valence-electron chi connectivity index (χ0n) is 8.89. The SMILES string of the molecule is CC(C)(C)OC(=O)N1CCC2(C#C2)C1. The van der Waals surface area contributed by atoms with Crippen molar-refractivity contribution in [1.82, 2.24) is 4.90 Å². The fourth-order valence-corrected chi connectivity index (χ4v) is 1.58. The van der Waals surface area contributed by atoms with Crippen molar-refractivity contribution >= 4 is 6.09 Å². The smallest absolute Gasteiger partial charge is 0.410 e. The molecule has 0 unspecified atom stereocenters. The largest absolute Gasteiger partial charge is 0.444 e. The first-order chi connectivity index (χ1) is 6.40. The summed E-state index contributed by atoms with van der Waals surface area (Å²) in [6, 6.07) is 0. The first-order valence-electron chi connectivity index (χ1n) is 4.93. The van der Waals surface area contributed by atoms with Crippen molar-refractivity contribution in [2.75, 3.05) is 13.1 Å². The molecule has 0 aromatic carbocycles. The van der Waals surface area contributed by atoms with E-state index in [0.717, 1.165) is 13.0 Å². The number of rotatable bonds is 0. The molecule has 1 aliphatic carbocycles. The Labute approximate surface area is 84.4 Å². The molecule has 1 saturated heterocycles. The molecule has 3 heteroatoms. The highest BCUT2D eigenvalue weighted by atomic mass is 16.6. The molecule has 2 rings (SSSR count). The molecule has 0 aromatic rings. The lowest BCUT2D eigenvalue weighted by atomic mass is 10.0. The molecular formula is C11H15NO2. The predicted molar refractivity (Wildman–Crippen MR) is 52.6 cm³/mol. The van der Waals surface area contributed by atoms with Gasteiger partial charge in [-0.2, -0.15) is 0 Å². The molecule has 1 heterocycles. The third kappa shape index (κ3) is 1.84. The Hall–Kier alpha value is -1.17. The van der Waals surface area contributed by atoms with Crippen LogP contribution in [0, 0.1) is 17.3 Å². The van der Waals surface area contributed by atoms with E-state index >= 15 is 0 Å². The second kappa shape index (κ2) is 2.66. The number of ether oxygens (including phenoxy) is 1. The van der Waals surface area contributed by atoms with Crippen molar-refractivity contribution < 1.29 is 9.53 Å². The zero-order valence-corrected chi connectivity index (χ0v) is 8.89. The van der Waals surface area contributed by atoms with Crippen molar-refractivity contribution in [3.8, 4) is 11.8 Å². The topological polar surface area (TPSA) is 29.5 Å². The minimum atomic E-state index is -0.406. The van der Waals surface area contributed by atoms with Crippen molar-refractivity contribution in [1.29, 1.82) is 0 Å². The van der Waals surface area contributed by atoms with Gasteiger partial charge in [-0.05, 0) is 27.2 Å². The number of hydrogen-bond acceptors (Lipinski definition) is 2. The molecule has 2 aliphatic rings. The van der Waals surface area contributed by atoms with Gasteiger partial charge < -0.3 is 9.64 Å². The molecule has 76 valence electrons. The first-order valence-corrected chi connectivity index (χ1v) is 4.93. The highest BCUT2D eigenvalue weighted by Gasteiger charge is 2.44. The minimum Gasteiger partial charge on any atom is -0.444 e. The number of carbonyl (C=O) groups is 1. The van der Waals surface area contributed by atoms with Crippen LogP contribution in [0.25, 0.3) is 0 Å². The maximum absolute atomic E-state index is 11.6. The summed E-state index contributed by atoms with van der Waals surface area (Å²) < 4.78 is 5.27. The number of likely N-dealkylation sites (tertiary alicyclic amines) is 1. The molecule has 1 fully saturated rings. The molecule has 0 N–H and O–H groups in total. The van der Waals surface area contributed by atoms with Crippen LogP contribution < -0.4 is 0 Å². The minimum absolute atomic E-state index is 0.00307. The van der Waals surface area contributed by atoms with Crippen LogP contribution >= 0.6 is 0 Å². The summed E-state index contributed by atoms with van der Waals surface area (Å²) in [5, 5.41) is 0. The molecule has 0 radical (unpaired) electrons. The molecule has 0 saturated carbocycles. The molecule has 0 aromatic heterocycles. The van der Waals surface area contributed by atoms with Crippen molar-refractivity contribution in [2.24, 2.45) is 5.41 Å². The molecule has 1 spiro atoms. The Morgan fingerprint density at radius 1 is 1.43 bits per heavy atom. The van der Waals surface area contributed by atoms with Gasteiger partial charge in [0, 0.05) is 6.54 Å². The standard InChI is InChI=1S/C11H15NO2/c1-10(2,3)14-9(13)12-7-6-11(8-12)4-5-11/h6-8H2,1-3H3. The average molecular weight is 193 g/mol. The van der Waals surface area contributed by atoms with E-state index in [1.807, 2.05) is 20.8 Å². The highest BCUT2D eigenvalue weighted by molar-refractivity contribution is 5.69. The zero-order chi connectivity index (χ0) is 10.4. The van der Waals surface area contributed by atoms with Crippen LogP contribution in [-0.2, 0) is 4.74 Å². The van der Waals surface area contributed by atoms with Gasteiger partial charge in [-0.25, -0.2) is 4.79 Å². The van der Waals surface area contributed by atoms with Gasteiger partial charge in [-0.1, -0.05) is 11.8 Å². The summed E-state index contributed by atoms with van der Waals surface area (Å²) in [4.78, 5) is 13.4. The molecule has 1 aliphatic heterocycles. The molecular weight excluding hydrogens is 178 g/mol. The normalized spacial score (nSPS) is 21.8. The summed E-state index contributed by atoms with van der Waals surface area (Å²) in [7, 11) is 0. The summed E-state index contributed by atoms with van der Waals surface area (Å²) in [5.74, 6) is 6.12. The molecule has 3 nitrogen and oxygen atoms in total. The van der Waals surface area contributed by atoms with Gasteiger partial charge in [-0.15, -0.1) is 0 Å². The monoisotopic (exact) mass is 193 g/mol. The van der Waals surface area contributed by atoms with Crippen molar-refractivity contribution in [3.63, 3.8) is 0 Å². The number of carbonyl (C=O) groups excluding carboxylic acids is 1. The van der Waals surface area contributed by atoms with E-state index in [4.69, 9.17) is 4.74 Å². The summed E-state index contributed by atoms with van der Waals surface area (Å²) in [6.45, 7) is 7.09. The Morgan fingerprint density at radius 2 is 2.07 bits per heavy atom. The lowest BCUT2D eigenvalue weighted by molar-refractivity contribution is 0.0288. The third-order valence-corrected chi connectivity index (χ3v) is 2.40. The quantitative estimate of drug-likeness (QED) is 0.547. The second-order valence-corrected chi connectivity index (χ2v) is 4.98. The summed E-state index contributed by atoms with van der Waals surface area (Å²) >= 11 is 0. The second-order valence-electron chi connectivity index (χ2n) is 4.98. The van der Waals surface area contributed by atoms with E-state index in [0.29, 0.717) is 6.54 Å². The van der Waals surface area contributed by atoms with Crippen LogP contribution in [0.4, 0.5) is 4.79 Å². The molecule has 1 amide bonds. The van der Waals surface area contributed by atoms with E-state index in [1.165, 1.54) is 0 Å². The van der Waals surface area contributed by atoms with E-state index in [2.05, 4.69) is 11.8 Å². The van der Waals surface area contributed by atoms with Gasteiger partial charge in [-0.3, -0.25) is 0 Å². The number of hydrogen-bond donors (Lipinski definition) is 0. The van der Waals surface area contributed by atoms with Crippen LogP contribution in [0.2, 0.25) is 0 Å². The highest BCUT2D eigenvalue weighted by Crippen LogP contribution is 2.36. The van der Waals surface area contributed by atoms with Gasteiger partial charge in [0.05, 0.1) is 6.54 Å². The molecule has 14 heavy (non-hydrogen) atoms. The Balaban J connectivity index is 1.87. The maximum Gasteiger partial charge on any atom is 0.410 e. The van der Waals surface area contributed by atoms with Crippen LogP contribution in [0.5, 0.6) is 0 Å². The van der Waals surface area contributed by atoms with Crippen molar-refractivity contribution in [3.05, 3.63) is 0 Å². The predicted octanol–water partition coefficient (Wildman–Crippen LogP) is 1.63. The third-order valence-electron chi connectivity index (χ3n) is 2.40. The van der Waals surface area contributed by atoms with E-state index in [-0.39, 0.29) is 11.5 Å². The van der Waals surface area contributed by atoms with Crippen LogP contribution in [0.1, 0.15) is 27.2 Å². The Bertz CT molecular complexity index is 321. The van der Waals surface area contributed by atoms with E-state index in [1.54, 1.807) is 4.90 Å². The maximum atomic E-state index is 11.6. The lowest BCUT2D eigenvalue weighted by Crippen LogP contribution is -2.35. The summed E-state index contributed by atoms with van der Waals surface area (Å²) in [6.07, 6.45) is 0.733. The lowest BCUT2D eigenvalue weighted by Gasteiger charge is -2.24. The van der Waals surface area contributed by atoms with E-state index < -0.39 is 5.60 Å². The van der Waals surface area contributed by atoms with Gasteiger partial charge in [0.25, 0.3) is 0 Å². The van der Waals surface area contributed by atoms with Crippen LogP contribution in [0.15, 0.2) is 0 Å². The fraction of sp³-hybridized carbons (Fsp3) is 0.727. The Kier molecular flexibility index (Phi) is 1.79. The van der Waals surface area contributed by atoms with Crippen molar-refractivity contribution in [2.45, 2.75) is 32.8 Å². The van der Waals surface area contributed by atoms with Gasteiger partial charge >= 0.3 is 6.09 Å². The van der Waals surface area contributed by atoms with Crippen LogP contribution in [0.3, 0.4) is 0 Å².